The fraction of sp³-hybridized carbons (Fsp3) is 0.500. The summed E-state index contributed by atoms with van der Waals surface area (Å²) in [5.74, 6) is -0.926. The van der Waals surface area contributed by atoms with Crippen LogP contribution in [0.25, 0.3) is 6.08 Å². The Morgan fingerprint density at radius 1 is 1.33 bits per heavy atom. The first-order chi connectivity index (χ1) is 9.66. The summed E-state index contributed by atoms with van der Waals surface area (Å²) in [6, 6.07) is 3.34. The number of hydrogen-bond acceptors (Lipinski definition) is 5. The van der Waals surface area contributed by atoms with Crippen LogP contribution in [0, 0.1) is 0 Å². The molecule has 0 saturated carbocycles. The Labute approximate surface area is 128 Å². The highest BCUT2D eigenvalue weighted by Gasteiger charge is 2.52. The van der Waals surface area contributed by atoms with Crippen molar-refractivity contribution in [1.29, 1.82) is 0 Å². The molecule has 2 heterocycles. The predicted molar refractivity (Wildman–Crippen MR) is 84.4 cm³/mol. The first-order valence-electron chi connectivity index (χ1n) is 6.75. The van der Waals surface area contributed by atoms with E-state index in [0.29, 0.717) is 4.88 Å². The van der Waals surface area contributed by atoms with Gasteiger partial charge in [-0.05, 0) is 51.4 Å². The van der Waals surface area contributed by atoms with Crippen molar-refractivity contribution in [2.24, 2.45) is 5.73 Å². The van der Waals surface area contributed by atoms with E-state index in [9.17, 15) is 4.79 Å². The van der Waals surface area contributed by atoms with E-state index in [1.807, 2.05) is 33.8 Å². The Balaban J connectivity index is 2.24. The Hall–Kier alpha value is -1.15. The summed E-state index contributed by atoms with van der Waals surface area (Å²) in [4.78, 5) is 12.0. The molecule has 5 nitrogen and oxygen atoms in total. The second-order valence-electron chi connectivity index (χ2n) is 6.02. The molecular formula is C14H20BNO4S. The molecule has 7 heteroatoms. The van der Waals surface area contributed by atoms with Gasteiger partial charge in [-0.2, -0.15) is 0 Å². The van der Waals surface area contributed by atoms with Gasteiger partial charge in [0, 0.05) is 11.4 Å². The predicted octanol–water partition coefficient (Wildman–Crippen LogP) is 2.42. The van der Waals surface area contributed by atoms with E-state index < -0.39 is 24.3 Å². The highest BCUT2D eigenvalue weighted by Crippen LogP contribution is 2.38. The summed E-state index contributed by atoms with van der Waals surface area (Å²) in [5.41, 5.74) is 5.76. The molecule has 2 rings (SSSR count). The molecule has 0 unspecified atom stereocenters. The molecule has 114 valence electrons. The molecule has 1 aliphatic rings. The second-order valence-corrected chi connectivity index (χ2v) is 7.13. The van der Waals surface area contributed by atoms with Gasteiger partial charge in [0.05, 0.1) is 11.2 Å². The molecule has 0 spiro atoms. The van der Waals surface area contributed by atoms with Gasteiger partial charge in [0.1, 0.15) is 4.88 Å². The number of carbonyl (C=O) groups is 1. The molecule has 0 atom stereocenters. The molecule has 0 radical (unpaired) electrons. The van der Waals surface area contributed by atoms with Gasteiger partial charge in [-0.25, -0.2) is 4.79 Å². The lowest BCUT2D eigenvalue weighted by atomic mass is 9.77. The Morgan fingerprint density at radius 3 is 2.33 bits per heavy atom. The molecule has 1 aromatic rings. The largest absolute Gasteiger partial charge is 0.491 e. The van der Waals surface area contributed by atoms with Gasteiger partial charge in [-0.3, -0.25) is 0 Å². The summed E-state index contributed by atoms with van der Waals surface area (Å²) in [7, 11) is -0.504. The Kier molecular flexibility index (Phi) is 4.30. The molecule has 21 heavy (non-hydrogen) atoms. The summed E-state index contributed by atoms with van der Waals surface area (Å²) in [6.07, 6.45) is 1.85. The monoisotopic (exact) mass is 309 g/mol. The van der Waals surface area contributed by atoms with Crippen molar-refractivity contribution >= 4 is 30.5 Å². The van der Waals surface area contributed by atoms with Gasteiger partial charge in [0.2, 0.25) is 0 Å². The van der Waals surface area contributed by atoms with E-state index in [4.69, 9.17) is 20.1 Å². The zero-order valence-electron chi connectivity index (χ0n) is 12.7. The molecule has 0 aliphatic carbocycles. The first kappa shape index (κ1) is 16.2. The number of aromatic carboxylic acids is 1. The van der Waals surface area contributed by atoms with Crippen molar-refractivity contribution in [3.05, 3.63) is 27.4 Å². The number of carboxylic acid groups (broad SMARTS) is 1. The number of thiophene rings is 1. The smallest absolute Gasteiger partial charge is 0.477 e. The maximum atomic E-state index is 10.9. The highest BCUT2D eigenvalue weighted by molar-refractivity contribution is 7.14. The summed E-state index contributed by atoms with van der Waals surface area (Å²) >= 11 is 1.20. The Bertz CT molecular complexity index is 563. The van der Waals surface area contributed by atoms with Crippen LogP contribution in [-0.2, 0) is 9.31 Å². The fourth-order valence-corrected chi connectivity index (χ4v) is 2.77. The zero-order chi connectivity index (χ0) is 15.8. The third-order valence-electron chi connectivity index (χ3n) is 3.96. The van der Waals surface area contributed by atoms with Crippen LogP contribution in [0.1, 0.15) is 42.2 Å². The van der Waals surface area contributed by atoms with E-state index >= 15 is 0 Å². The van der Waals surface area contributed by atoms with Gasteiger partial charge >= 0.3 is 13.1 Å². The maximum Gasteiger partial charge on any atom is 0.491 e. The Morgan fingerprint density at radius 2 is 1.90 bits per heavy atom. The first-order valence-corrected chi connectivity index (χ1v) is 7.57. The lowest BCUT2D eigenvalue weighted by Crippen LogP contribution is -2.41. The van der Waals surface area contributed by atoms with Crippen LogP contribution in [-0.4, -0.2) is 35.9 Å². The number of hydrogen-bond donors (Lipinski definition) is 2. The second kappa shape index (κ2) is 5.57. The van der Waals surface area contributed by atoms with Crippen molar-refractivity contribution in [2.45, 2.75) is 38.9 Å². The van der Waals surface area contributed by atoms with Gasteiger partial charge in [-0.15, -0.1) is 11.3 Å². The summed E-state index contributed by atoms with van der Waals surface area (Å²) in [6.45, 7) is 8.21. The number of carboxylic acids is 1. The third-order valence-corrected chi connectivity index (χ3v) is 4.98. The topological polar surface area (TPSA) is 81.8 Å². The summed E-state index contributed by atoms with van der Waals surface area (Å²) < 4.78 is 11.9. The van der Waals surface area contributed by atoms with Gasteiger partial charge in [0.25, 0.3) is 0 Å². The van der Waals surface area contributed by atoms with Gasteiger partial charge < -0.3 is 20.1 Å². The maximum absolute atomic E-state index is 10.9. The van der Waals surface area contributed by atoms with Crippen LogP contribution in [0.5, 0.6) is 0 Å². The number of nitrogens with two attached hydrogens (primary N) is 1. The molecule has 0 bridgehead atoms. The van der Waals surface area contributed by atoms with Crippen LogP contribution < -0.4 is 5.73 Å². The highest BCUT2D eigenvalue weighted by atomic mass is 32.1. The van der Waals surface area contributed by atoms with E-state index in [1.165, 1.54) is 11.3 Å². The fourth-order valence-electron chi connectivity index (χ4n) is 1.95. The summed E-state index contributed by atoms with van der Waals surface area (Å²) in [5, 5.41) is 8.95. The van der Waals surface area contributed by atoms with Crippen LogP contribution in [0.15, 0.2) is 17.6 Å². The minimum absolute atomic E-state index is 0.289. The zero-order valence-corrected chi connectivity index (χ0v) is 13.5. The van der Waals surface area contributed by atoms with Crippen molar-refractivity contribution in [3.8, 4) is 0 Å². The van der Waals surface area contributed by atoms with Crippen LogP contribution in [0.3, 0.4) is 0 Å². The van der Waals surface area contributed by atoms with Gasteiger partial charge in [0.15, 0.2) is 0 Å². The van der Waals surface area contributed by atoms with E-state index in [2.05, 4.69) is 0 Å². The van der Waals surface area contributed by atoms with Crippen LogP contribution >= 0.6 is 11.3 Å². The molecule has 1 aromatic heterocycles. The SMILES string of the molecule is CC1(C)OB(C(=Cc2ccc(C(=O)O)s2)CN)OC1(C)C. The minimum atomic E-state index is -0.926. The van der Waals surface area contributed by atoms with Crippen molar-refractivity contribution in [2.75, 3.05) is 6.54 Å². The molecule has 0 amide bonds. The molecule has 0 aromatic carbocycles. The average Bonchev–Trinajstić information content (AvgIpc) is 2.90. The lowest BCUT2D eigenvalue weighted by molar-refractivity contribution is 0.00578. The van der Waals surface area contributed by atoms with Crippen LogP contribution in [0.2, 0.25) is 0 Å². The van der Waals surface area contributed by atoms with Crippen molar-refractivity contribution in [3.63, 3.8) is 0 Å². The standard InChI is InChI=1S/C14H20BNO4S/c1-13(2)14(3,4)20-15(19-13)9(8-16)7-10-5-6-11(21-10)12(17)18/h5-7H,8,16H2,1-4H3,(H,17,18). The normalized spacial score (nSPS) is 20.8. The van der Waals surface area contributed by atoms with Gasteiger partial charge in [-0.1, -0.05) is 0 Å². The number of rotatable bonds is 4. The molecular weight excluding hydrogens is 289 g/mol. The molecule has 1 saturated heterocycles. The van der Waals surface area contributed by atoms with Crippen LogP contribution in [0.4, 0.5) is 0 Å². The molecule has 1 fully saturated rings. The van der Waals surface area contributed by atoms with Crippen molar-refractivity contribution < 1.29 is 19.2 Å². The quantitative estimate of drug-likeness (QED) is 0.835. The minimum Gasteiger partial charge on any atom is -0.477 e. The van der Waals surface area contributed by atoms with E-state index in [0.717, 1.165) is 10.3 Å². The molecule has 1 aliphatic heterocycles. The van der Waals surface area contributed by atoms with E-state index in [1.54, 1.807) is 12.1 Å². The average molecular weight is 309 g/mol. The van der Waals surface area contributed by atoms with E-state index in [-0.39, 0.29) is 6.54 Å². The third kappa shape index (κ3) is 3.21. The van der Waals surface area contributed by atoms with Crippen molar-refractivity contribution in [1.82, 2.24) is 0 Å². The lowest BCUT2D eigenvalue weighted by Gasteiger charge is -2.32. The molecule has 3 N–H and O–H groups in total.